The average Bonchev–Trinajstić information content (AvgIpc) is 3.04. The van der Waals surface area contributed by atoms with Crippen LogP contribution in [0.25, 0.3) is 0 Å². The van der Waals surface area contributed by atoms with Crippen molar-refractivity contribution in [3.05, 3.63) is 23.8 Å². The molecule has 1 aromatic carbocycles. The molecule has 3 rings (SSSR count). The number of aliphatic hydroxyl groups is 6. The van der Waals surface area contributed by atoms with Crippen molar-refractivity contribution < 1.29 is 59.8 Å². The molecule has 12 nitrogen and oxygen atoms in total. The Morgan fingerprint density at radius 2 is 1.71 bits per heavy atom. The highest BCUT2D eigenvalue weighted by Gasteiger charge is 2.50. The van der Waals surface area contributed by atoms with Gasteiger partial charge in [0.25, 0.3) is 0 Å². The van der Waals surface area contributed by atoms with Crippen LogP contribution in [0, 0.1) is 0 Å². The van der Waals surface area contributed by atoms with Gasteiger partial charge >= 0.3 is 0 Å². The third-order valence-corrected chi connectivity index (χ3v) is 5.39. The van der Waals surface area contributed by atoms with E-state index in [0.717, 1.165) is 0 Å². The van der Waals surface area contributed by atoms with Crippen LogP contribution >= 0.6 is 0 Å². The third kappa shape index (κ3) is 5.26. The highest BCUT2D eigenvalue weighted by molar-refractivity contribution is 5.40. The van der Waals surface area contributed by atoms with Gasteiger partial charge in [0.2, 0.25) is 0 Å². The van der Waals surface area contributed by atoms with Crippen molar-refractivity contribution in [2.75, 3.05) is 26.4 Å². The van der Waals surface area contributed by atoms with Crippen LogP contribution in [0.5, 0.6) is 11.5 Å². The van der Waals surface area contributed by atoms with Gasteiger partial charge in [-0.2, -0.15) is 0 Å². The lowest BCUT2D eigenvalue weighted by Gasteiger charge is -2.40. The Hall–Kier alpha value is -1.58. The van der Waals surface area contributed by atoms with Gasteiger partial charge in [-0.1, -0.05) is 6.07 Å². The summed E-state index contributed by atoms with van der Waals surface area (Å²) in [6.45, 7) is -1.45. The van der Waals surface area contributed by atoms with Crippen LogP contribution in [0.1, 0.15) is 5.56 Å². The molecule has 1 aromatic rings. The summed E-state index contributed by atoms with van der Waals surface area (Å²) in [7, 11) is 0. The number of aromatic hydroxyl groups is 2. The molecule has 0 amide bonds. The van der Waals surface area contributed by atoms with Gasteiger partial charge in [-0.05, 0) is 24.1 Å². The van der Waals surface area contributed by atoms with E-state index in [-0.39, 0.29) is 31.3 Å². The summed E-state index contributed by atoms with van der Waals surface area (Å²) in [5, 5.41) is 78.4. The van der Waals surface area contributed by atoms with Crippen molar-refractivity contribution in [3.63, 3.8) is 0 Å². The maximum absolute atomic E-state index is 10.2. The van der Waals surface area contributed by atoms with E-state index in [9.17, 15) is 35.7 Å². The van der Waals surface area contributed by atoms with Gasteiger partial charge in [-0.15, -0.1) is 0 Å². The van der Waals surface area contributed by atoms with E-state index in [1.54, 1.807) is 6.07 Å². The summed E-state index contributed by atoms with van der Waals surface area (Å²) in [5.74, 6) is -0.545. The first-order valence-corrected chi connectivity index (χ1v) is 9.73. The van der Waals surface area contributed by atoms with Gasteiger partial charge in [0.1, 0.15) is 36.1 Å². The monoisotopic (exact) mass is 448 g/mol. The van der Waals surface area contributed by atoms with Crippen LogP contribution in [0.15, 0.2) is 18.2 Å². The molecule has 0 saturated carbocycles. The third-order valence-electron chi connectivity index (χ3n) is 5.39. The molecule has 0 bridgehead atoms. The normalized spacial score (nSPS) is 38.5. The first-order valence-electron chi connectivity index (χ1n) is 9.73. The van der Waals surface area contributed by atoms with Crippen molar-refractivity contribution in [1.29, 1.82) is 0 Å². The summed E-state index contributed by atoms with van der Waals surface area (Å²) in [5.41, 5.74) is -1.23. The topological polar surface area (TPSA) is 199 Å². The quantitative estimate of drug-likeness (QED) is 0.187. The Morgan fingerprint density at radius 3 is 2.35 bits per heavy atom. The zero-order valence-electron chi connectivity index (χ0n) is 16.5. The van der Waals surface area contributed by atoms with E-state index in [0.29, 0.717) is 12.0 Å². The standard InChI is InChI=1S/C19H28O12/c20-7-19(27)8-30-18(16(19)26)29-6-12-13(23)14(24)15(25)17(31-12)28-4-3-9-1-2-10(21)11(22)5-9/h1-2,5,12-18,20-27H,3-4,6-8H2/t12-,13-,14+,15-,16+,17+,18+,19-/m1/s1. The van der Waals surface area contributed by atoms with Crippen LogP contribution in [0.3, 0.4) is 0 Å². The number of benzene rings is 1. The van der Waals surface area contributed by atoms with Crippen LogP contribution < -0.4 is 0 Å². The summed E-state index contributed by atoms with van der Waals surface area (Å²) in [6, 6.07) is 4.25. The molecule has 176 valence electrons. The fourth-order valence-electron chi connectivity index (χ4n) is 3.33. The lowest BCUT2D eigenvalue weighted by molar-refractivity contribution is -0.309. The fourth-order valence-corrected chi connectivity index (χ4v) is 3.33. The minimum atomic E-state index is -1.87. The number of rotatable bonds is 8. The molecule has 0 spiro atoms. The Labute approximate surface area is 177 Å². The van der Waals surface area contributed by atoms with E-state index < -0.39 is 55.3 Å². The minimum Gasteiger partial charge on any atom is -0.504 e. The van der Waals surface area contributed by atoms with Crippen molar-refractivity contribution in [2.45, 2.75) is 55.1 Å². The SMILES string of the molecule is OC[C@@]1(O)CO[C@H](OC[C@H]2O[C@H](OCCc3ccc(O)c(O)c3)[C@H](O)[C@@H](O)[C@@H]2O)[C@@H]1O. The molecule has 2 fully saturated rings. The van der Waals surface area contributed by atoms with Crippen LogP contribution in [-0.2, 0) is 25.4 Å². The second-order valence-corrected chi connectivity index (χ2v) is 7.68. The Kier molecular flexibility index (Phi) is 7.70. The number of phenolic OH excluding ortho intramolecular Hbond substituents is 2. The molecule has 31 heavy (non-hydrogen) atoms. The van der Waals surface area contributed by atoms with Crippen LogP contribution in [0.4, 0.5) is 0 Å². The van der Waals surface area contributed by atoms with Gasteiger partial charge in [-0.3, -0.25) is 0 Å². The maximum atomic E-state index is 10.2. The molecule has 0 unspecified atom stereocenters. The number of hydrogen-bond donors (Lipinski definition) is 8. The van der Waals surface area contributed by atoms with Gasteiger partial charge in [0, 0.05) is 0 Å². The fraction of sp³-hybridized carbons (Fsp3) is 0.684. The summed E-state index contributed by atoms with van der Waals surface area (Å²) in [6.07, 6.45) is -9.68. The summed E-state index contributed by atoms with van der Waals surface area (Å²) in [4.78, 5) is 0. The number of phenols is 2. The van der Waals surface area contributed by atoms with Crippen molar-refractivity contribution in [3.8, 4) is 11.5 Å². The molecule has 0 aliphatic carbocycles. The van der Waals surface area contributed by atoms with Gasteiger partial charge < -0.3 is 59.8 Å². The number of hydrogen-bond acceptors (Lipinski definition) is 12. The Bertz CT molecular complexity index is 732. The molecular formula is C19H28O12. The second-order valence-electron chi connectivity index (χ2n) is 7.68. The maximum Gasteiger partial charge on any atom is 0.186 e. The van der Waals surface area contributed by atoms with E-state index in [4.69, 9.17) is 24.1 Å². The molecule has 0 aromatic heterocycles. The van der Waals surface area contributed by atoms with Gasteiger partial charge in [0.15, 0.2) is 24.1 Å². The Balaban J connectivity index is 1.53. The minimum absolute atomic E-state index is 0.0241. The first-order chi connectivity index (χ1) is 14.7. The molecular weight excluding hydrogens is 420 g/mol. The largest absolute Gasteiger partial charge is 0.504 e. The van der Waals surface area contributed by atoms with Crippen molar-refractivity contribution in [2.24, 2.45) is 0 Å². The van der Waals surface area contributed by atoms with E-state index in [1.165, 1.54) is 12.1 Å². The smallest absolute Gasteiger partial charge is 0.186 e. The molecule has 8 atom stereocenters. The van der Waals surface area contributed by atoms with Crippen molar-refractivity contribution >= 4 is 0 Å². The van der Waals surface area contributed by atoms with Gasteiger partial charge in [-0.25, -0.2) is 0 Å². The molecule has 2 aliphatic rings. The zero-order valence-corrected chi connectivity index (χ0v) is 16.5. The zero-order chi connectivity index (χ0) is 22.8. The summed E-state index contributed by atoms with van der Waals surface area (Å²) < 4.78 is 21.4. The number of ether oxygens (including phenoxy) is 4. The second kappa shape index (κ2) is 9.92. The first kappa shape index (κ1) is 24.1. The van der Waals surface area contributed by atoms with Crippen LogP contribution in [-0.4, -0.2) is 116 Å². The molecule has 0 radical (unpaired) electrons. The van der Waals surface area contributed by atoms with E-state index in [1.807, 2.05) is 0 Å². The predicted molar refractivity (Wildman–Crippen MR) is 99.8 cm³/mol. The van der Waals surface area contributed by atoms with E-state index >= 15 is 0 Å². The van der Waals surface area contributed by atoms with Crippen molar-refractivity contribution in [1.82, 2.24) is 0 Å². The highest BCUT2D eigenvalue weighted by atomic mass is 16.7. The number of aliphatic hydroxyl groups excluding tert-OH is 5. The Morgan fingerprint density at radius 1 is 0.968 bits per heavy atom. The summed E-state index contributed by atoms with van der Waals surface area (Å²) >= 11 is 0. The molecule has 2 heterocycles. The predicted octanol–water partition coefficient (Wildman–Crippen LogP) is -3.08. The lowest BCUT2D eigenvalue weighted by atomic mass is 9.99. The van der Waals surface area contributed by atoms with Gasteiger partial charge in [0.05, 0.1) is 26.4 Å². The molecule has 2 aliphatic heterocycles. The molecule has 12 heteroatoms. The molecule has 2 saturated heterocycles. The average molecular weight is 448 g/mol. The van der Waals surface area contributed by atoms with Crippen LogP contribution in [0.2, 0.25) is 0 Å². The molecule has 8 N–H and O–H groups in total. The van der Waals surface area contributed by atoms with E-state index in [2.05, 4.69) is 0 Å². The highest BCUT2D eigenvalue weighted by Crippen LogP contribution is 2.28. The lowest BCUT2D eigenvalue weighted by Crippen LogP contribution is -2.59.